The number of nitrogens with zero attached hydrogens (tertiary/aromatic N) is 2. The van der Waals surface area contributed by atoms with Crippen LogP contribution in [-0.4, -0.2) is 12.9 Å². The molecular formula is C16H15F3LiN3. The molecule has 7 heteroatoms. The van der Waals surface area contributed by atoms with Crippen molar-refractivity contribution in [2.75, 3.05) is 7.05 Å². The van der Waals surface area contributed by atoms with E-state index in [4.69, 9.17) is 0 Å². The topological polar surface area (TPSA) is 38.5 Å². The van der Waals surface area contributed by atoms with Gasteiger partial charge in [0.05, 0.1) is 11.4 Å². The fraction of sp³-hybridized carbons (Fsp3) is 0.188. The van der Waals surface area contributed by atoms with E-state index >= 15 is 0 Å². The molecule has 0 saturated carbocycles. The minimum absolute atomic E-state index is 0. The summed E-state index contributed by atoms with van der Waals surface area (Å²) < 4.78 is 37.4. The number of alkyl halides is 3. The van der Waals surface area contributed by atoms with Crippen LogP contribution in [0.15, 0.2) is 59.7 Å². The molecule has 0 aliphatic rings. The fourth-order valence-corrected chi connectivity index (χ4v) is 1.80. The third kappa shape index (κ3) is 6.01. The molecule has 0 aliphatic heterocycles. The minimum Gasteiger partial charge on any atom is -0.574 e. The molecule has 0 radical (unpaired) electrons. The van der Waals surface area contributed by atoms with Crippen LogP contribution in [0, 0.1) is 0 Å². The third-order valence-corrected chi connectivity index (χ3v) is 2.98. The molecule has 0 saturated heterocycles. The van der Waals surface area contributed by atoms with Gasteiger partial charge in [0.25, 0.3) is 0 Å². The summed E-state index contributed by atoms with van der Waals surface area (Å²) in [4.78, 5) is 0. The standard InChI is InChI=1S/C16H15F3N3.Li/c1-20-15(11-12-5-3-2-4-6-12)22-21-14-9-7-13(8-10-14)16(17,18)19;/h2-10H,11H2,1H3,(H,20,22);/q-1;+1. The van der Waals surface area contributed by atoms with E-state index in [1.807, 2.05) is 30.3 Å². The fourth-order valence-electron chi connectivity index (χ4n) is 1.80. The van der Waals surface area contributed by atoms with Gasteiger partial charge in [0, 0.05) is 13.5 Å². The molecule has 0 fully saturated rings. The van der Waals surface area contributed by atoms with Crippen molar-refractivity contribution in [2.24, 2.45) is 5.10 Å². The molecule has 0 amide bonds. The van der Waals surface area contributed by atoms with Crippen molar-refractivity contribution in [3.8, 4) is 0 Å². The zero-order valence-corrected chi connectivity index (χ0v) is 12.9. The van der Waals surface area contributed by atoms with Gasteiger partial charge in [0.1, 0.15) is 0 Å². The van der Waals surface area contributed by atoms with E-state index in [0.29, 0.717) is 17.9 Å². The zero-order chi connectivity index (χ0) is 16.0. The molecule has 0 spiro atoms. The smallest absolute Gasteiger partial charge is 0.574 e. The molecule has 3 nitrogen and oxygen atoms in total. The van der Waals surface area contributed by atoms with E-state index in [1.54, 1.807) is 7.05 Å². The largest absolute Gasteiger partial charge is 1.00 e. The number of likely N-dealkylation sites (N-methyl/N-ethyl adjacent to an activating group) is 1. The number of rotatable bonds is 4. The van der Waals surface area contributed by atoms with Gasteiger partial charge >= 0.3 is 25.0 Å². The monoisotopic (exact) mass is 313 g/mol. The quantitative estimate of drug-likeness (QED) is 0.395. The van der Waals surface area contributed by atoms with Crippen LogP contribution in [0.1, 0.15) is 11.1 Å². The van der Waals surface area contributed by atoms with Crippen LogP contribution in [0.25, 0.3) is 5.43 Å². The zero-order valence-electron chi connectivity index (χ0n) is 12.9. The second-order valence-corrected chi connectivity index (χ2v) is 4.60. The normalized spacial score (nSPS) is 11.6. The second kappa shape index (κ2) is 8.66. The van der Waals surface area contributed by atoms with Crippen LogP contribution in [0.2, 0.25) is 0 Å². The Kier molecular flexibility index (Phi) is 7.21. The Morgan fingerprint density at radius 3 is 2.17 bits per heavy atom. The third-order valence-electron chi connectivity index (χ3n) is 2.98. The van der Waals surface area contributed by atoms with Crippen LogP contribution >= 0.6 is 0 Å². The van der Waals surface area contributed by atoms with Crippen LogP contribution in [0.4, 0.5) is 18.9 Å². The Balaban J connectivity index is 0.00000264. The Bertz CT molecular complexity index is 625. The van der Waals surface area contributed by atoms with Gasteiger partial charge in [-0.05, 0) is 5.56 Å². The average molecular weight is 313 g/mol. The maximum atomic E-state index is 12.5. The van der Waals surface area contributed by atoms with E-state index in [2.05, 4.69) is 15.8 Å². The van der Waals surface area contributed by atoms with Gasteiger partial charge in [-0.2, -0.15) is 13.2 Å². The summed E-state index contributed by atoms with van der Waals surface area (Å²) >= 11 is 0. The van der Waals surface area contributed by atoms with Crippen molar-refractivity contribution >= 4 is 11.5 Å². The molecule has 23 heavy (non-hydrogen) atoms. The molecule has 1 N–H and O–H groups in total. The van der Waals surface area contributed by atoms with E-state index in [-0.39, 0.29) is 18.9 Å². The van der Waals surface area contributed by atoms with Crippen molar-refractivity contribution in [1.82, 2.24) is 5.32 Å². The molecule has 2 aromatic carbocycles. The summed E-state index contributed by atoms with van der Waals surface area (Å²) in [5.41, 5.74) is 4.69. The van der Waals surface area contributed by atoms with Crippen LogP contribution in [0.5, 0.6) is 0 Å². The van der Waals surface area contributed by atoms with Crippen LogP contribution in [0.3, 0.4) is 0 Å². The predicted octanol–water partition coefficient (Wildman–Crippen LogP) is 1.49. The van der Waals surface area contributed by atoms with E-state index in [9.17, 15) is 13.2 Å². The molecule has 0 unspecified atom stereocenters. The molecule has 2 rings (SSSR count). The Labute approximate surface area is 145 Å². The van der Waals surface area contributed by atoms with E-state index in [0.717, 1.165) is 17.7 Å². The summed E-state index contributed by atoms with van der Waals surface area (Å²) in [6.45, 7) is 0. The summed E-state index contributed by atoms with van der Waals surface area (Å²) in [6, 6.07) is 14.3. The van der Waals surface area contributed by atoms with Crippen molar-refractivity contribution in [3.63, 3.8) is 0 Å². The van der Waals surface area contributed by atoms with E-state index < -0.39 is 11.7 Å². The van der Waals surface area contributed by atoms with Gasteiger partial charge in [-0.3, -0.25) is 0 Å². The van der Waals surface area contributed by atoms with Gasteiger partial charge in [0.15, 0.2) is 0 Å². The molecule has 0 aromatic heterocycles. The first-order valence-electron chi connectivity index (χ1n) is 6.65. The number of amidine groups is 1. The number of hydrogen-bond acceptors (Lipinski definition) is 1. The molecular weight excluding hydrogens is 298 g/mol. The number of halogens is 3. The summed E-state index contributed by atoms with van der Waals surface area (Å²) in [5.74, 6) is 0.631. The van der Waals surface area contributed by atoms with Crippen molar-refractivity contribution < 1.29 is 32.0 Å². The van der Waals surface area contributed by atoms with Crippen molar-refractivity contribution in [1.29, 1.82) is 0 Å². The molecule has 0 aliphatic carbocycles. The maximum Gasteiger partial charge on any atom is 1.00 e. The molecule has 116 valence electrons. The maximum absolute atomic E-state index is 12.5. The first-order chi connectivity index (χ1) is 10.5. The SMILES string of the molecule is CN/C(Cc1ccccc1)=N\[N-]c1ccc(C(F)(F)F)cc1.[Li+]. The second-order valence-electron chi connectivity index (χ2n) is 4.60. The van der Waals surface area contributed by atoms with Gasteiger partial charge < -0.3 is 15.8 Å². The Morgan fingerprint density at radius 1 is 1.04 bits per heavy atom. The summed E-state index contributed by atoms with van der Waals surface area (Å²) in [5, 5.41) is 6.98. The van der Waals surface area contributed by atoms with Gasteiger partial charge in [-0.15, -0.1) is 5.69 Å². The minimum atomic E-state index is -4.34. The first kappa shape index (κ1) is 19.1. The van der Waals surface area contributed by atoms with E-state index in [1.165, 1.54) is 12.1 Å². The van der Waals surface area contributed by atoms with Gasteiger partial charge in [-0.25, -0.2) is 0 Å². The van der Waals surface area contributed by atoms with Crippen molar-refractivity contribution in [3.05, 3.63) is 71.1 Å². The number of hydrogen-bond donors (Lipinski definition) is 1. The Hall–Kier alpha value is -1.90. The van der Waals surface area contributed by atoms with Crippen LogP contribution in [-0.2, 0) is 12.6 Å². The molecule has 0 heterocycles. The Morgan fingerprint density at radius 2 is 1.65 bits per heavy atom. The molecule has 2 aromatic rings. The number of nitrogens with one attached hydrogen (secondary N) is 1. The first-order valence-corrected chi connectivity index (χ1v) is 6.65. The van der Waals surface area contributed by atoms with Gasteiger partial charge in [-0.1, -0.05) is 54.6 Å². The van der Waals surface area contributed by atoms with Gasteiger partial charge in [0.2, 0.25) is 0 Å². The number of benzene rings is 2. The summed E-state index contributed by atoms with van der Waals surface area (Å²) in [6.07, 6.45) is -3.77. The average Bonchev–Trinajstić information content (AvgIpc) is 2.52. The van der Waals surface area contributed by atoms with Crippen LogP contribution < -0.4 is 24.2 Å². The predicted molar refractivity (Wildman–Crippen MR) is 81.1 cm³/mol. The summed E-state index contributed by atoms with van der Waals surface area (Å²) in [7, 11) is 1.73. The van der Waals surface area contributed by atoms with Crippen molar-refractivity contribution in [2.45, 2.75) is 12.6 Å². The molecule has 0 bridgehead atoms. The molecule has 0 atom stereocenters.